The van der Waals surface area contributed by atoms with Gasteiger partial charge in [-0.1, -0.05) is 39.3 Å². The summed E-state index contributed by atoms with van der Waals surface area (Å²) >= 11 is 0. The van der Waals surface area contributed by atoms with Crippen LogP contribution in [0.2, 0.25) is 0 Å². The van der Waals surface area contributed by atoms with Gasteiger partial charge in [0.15, 0.2) is 0 Å². The van der Waals surface area contributed by atoms with E-state index in [9.17, 15) is 9.90 Å². The van der Waals surface area contributed by atoms with Crippen LogP contribution in [0.15, 0.2) is 51.2 Å². The molecule has 1 saturated carbocycles. The fourth-order valence-corrected chi connectivity index (χ4v) is 5.10. The van der Waals surface area contributed by atoms with Gasteiger partial charge in [0, 0.05) is 28.3 Å². The number of allylic oxidation sites excluding steroid dienone is 1. The van der Waals surface area contributed by atoms with Crippen LogP contribution in [0, 0.1) is 22.7 Å². The first kappa shape index (κ1) is 19.3. The molecule has 0 saturated heterocycles. The molecule has 1 heterocycles. The third kappa shape index (κ3) is 3.08. The maximum Gasteiger partial charge on any atom is 0.336 e. The molecule has 150 valence electrons. The summed E-state index contributed by atoms with van der Waals surface area (Å²) in [6.45, 7) is 9.56. The van der Waals surface area contributed by atoms with E-state index in [2.05, 4.69) is 33.8 Å². The quantitative estimate of drug-likeness (QED) is 0.603. The van der Waals surface area contributed by atoms with Crippen molar-refractivity contribution in [2.45, 2.75) is 53.1 Å². The van der Waals surface area contributed by atoms with E-state index >= 15 is 0 Å². The van der Waals surface area contributed by atoms with Crippen molar-refractivity contribution in [3.8, 4) is 5.75 Å². The molecule has 2 aliphatic rings. The number of hydrogen-bond acceptors (Lipinski definition) is 4. The smallest absolute Gasteiger partial charge is 0.336 e. The van der Waals surface area contributed by atoms with E-state index in [1.165, 1.54) is 11.6 Å². The number of aliphatic hydroxyl groups is 1. The van der Waals surface area contributed by atoms with Crippen molar-refractivity contribution in [2.75, 3.05) is 6.61 Å². The molecule has 4 rings (SSSR count). The lowest BCUT2D eigenvalue weighted by molar-refractivity contribution is -0.0287. The molecular formula is C24H30O4. The Morgan fingerprint density at radius 3 is 2.71 bits per heavy atom. The third-order valence-corrected chi connectivity index (χ3v) is 7.44. The average Bonchev–Trinajstić information content (AvgIpc) is 2.66. The second kappa shape index (κ2) is 6.77. The number of ether oxygens (including phenoxy) is 1. The Morgan fingerprint density at radius 1 is 1.18 bits per heavy atom. The Kier molecular flexibility index (Phi) is 4.65. The fraction of sp³-hybridized carbons (Fsp3) is 0.542. The Balaban J connectivity index is 1.60. The van der Waals surface area contributed by atoms with Crippen LogP contribution >= 0.6 is 0 Å². The van der Waals surface area contributed by atoms with Gasteiger partial charge >= 0.3 is 5.63 Å². The predicted molar refractivity (Wildman–Crippen MR) is 110 cm³/mol. The Morgan fingerprint density at radius 2 is 1.93 bits per heavy atom. The maximum absolute atomic E-state index is 11.5. The van der Waals surface area contributed by atoms with Crippen molar-refractivity contribution in [3.05, 3.63) is 52.4 Å². The van der Waals surface area contributed by atoms with Crippen LogP contribution in [0.4, 0.5) is 0 Å². The van der Waals surface area contributed by atoms with Crippen molar-refractivity contribution in [3.63, 3.8) is 0 Å². The highest BCUT2D eigenvalue weighted by molar-refractivity contribution is 5.77. The van der Waals surface area contributed by atoms with E-state index in [0.29, 0.717) is 24.0 Å². The average molecular weight is 383 g/mol. The van der Waals surface area contributed by atoms with Gasteiger partial charge in [-0.05, 0) is 49.3 Å². The molecule has 28 heavy (non-hydrogen) atoms. The van der Waals surface area contributed by atoms with E-state index in [1.807, 2.05) is 12.1 Å². The molecule has 4 atom stereocenters. The lowest BCUT2D eigenvalue weighted by Crippen LogP contribution is -2.50. The van der Waals surface area contributed by atoms with Gasteiger partial charge in [0.2, 0.25) is 0 Å². The Bertz CT molecular complexity index is 970. The second-order valence-electron chi connectivity index (χ2n) is 9.41. The van der Waals surface area contributed by atoms with Crippen LogP contribution in [0.3, 0.4) is 0 Å². The van der Waals surface area contributed by atoms with Crippen molar-refractivity contribution < 1.29 is 14.3 Å². The van der Waals surface area contributed by atoms with Gasteiger partial charge < -0.3 is 14.3 Å². The number of hydrogen-bond donors (Lipinski definition) is 1. The van der Waals surface area contributed by atoms with E-state index in [1.54, 1.807) is 12.1 Å². The summed E-state index contributed by atoms with van der Waals surface area (Å²) in [5.74, 6) is 1.63. The monoisotopic (exact) mass is 382 g/mol. The SMILES string of the molecule is CC1CC=C2C(CCC(O)C2(C)C)C1(C)COc1ccc2ccc(=O)oc2c1. The molecule has 4 unspecified atom stereocenters. The highest BCUT2D eigenvalue weighted by Crippen LogP contribution is 2.56. The van der Waals surface area contributed by atoms with E-state index in [0.717, 1.165) is 30.4 Å². The highest BCUT2D eigenvalue weighted by atomic mass is 16.5. The molecule has 1 fully saturated rings. The molecule has 4 heteroatoms. The van der Waals surface area contributed by atoms with Gasteiger partial charge in [0.05, 0.1) is 12.7 Å². The molecule has 0 bridgehead atoms. The molecule has 1 N–H and O–H groups in total. The van der Waals surface area contributed by atoms with Crippen molar-refractivity contribution in [1.29, 1.82) is 0 Å². The van der Waals surface area contributed by atoms with Crippen LogP contribution in [0.1, 0.15) is 47.0 Å². The summed E-state index contributed by atoms with van der Waals surface area (Å²) in [7, 11) is 0. The van der Waals surface area contributed by atoms with Crippen LogP contribution in [-0.4, -0.2) is 17.8 Å². The summed E-state index contributed by atoms with van der Waals surface area (Å²) in [6.07, 6.45) is 4.92. The van der Waals surface area contributed by atoms with Gasteiger partial charge in [-0.15, -0.1) is 0 Å². The zero-order valence-corrected chi connectivity index (χ0v) is 17.2. The van der Waals surface area contributed by atoms with Crippen molar-refractivity contribution in [1.82, 2.24) is 0 Å². The summed E-state index contributed by atoms with van der Waals surface area (Å²) in [6, 6.07) is 8.86. The standard InChI is InChI=1S/C24H30O4/c1-15-5-9-18-19(10-11-21(25)23(18,2)3)24(15,4)14-27-17-8-6-16-7-12-22(26)28-20(16)13-17/h6-9,12-13,15,19,21,25H,5,10-11,14H2,1-4H3. The predicted octanol–water partition coefficient (Wildman–Crippen LogP) is 4.94. The first-order chi connectivity index (χ1) is 13.2. The number of rotatable bonds is 3. The number of aliphatic hydroxyl groups excluding tert-OH is 1. The minimum Gasteiger partial charge on any atom is -0.493 e. The highest BCUT2D eigenvalue weighted by Gasteiger charge is 2.51. The molecule has 2 aliphatic carbocycles. The third-order valence-electron chi connectivity index (χ3n) is 7.44. The largest absolute Gasteiger partial charge is 0.493 e. The molecule has 0 aliphatic heterocycles. The molecule has 0 spiro atoms. The van der Waals surface area contributed by atoms with Gasteiger partial charge in [-0.25, -0.2) is 4.79 Å². The van der Waals surface area contributed by atoms with Crippen LogP contribution in [-0.2, 0) is 0 Å². The topological polar surface area (TPSA) is 59.7 Å². The summed E-state index contributed by atoms with van der Waals surface area (Å²) < 4.78 is 11.6. The molecule has 4 nitrogen and oxygen atoms in total. The molecule has 0 amide bonds. The molecule has 1 aromatic heterocycles. The minimum absolute atomic E-state index is 0.00598. The van der Waals surface area contributed by atoms with Crippen molar-refractivity contribution >= 4 is 11.0 Å². The van der Waals surface area contributed by atoms with Crippen molar-refractivity contribution in [2.24, 2.45) is 22.7 Å². The zero-order chi connectivity index (χ0) is 20.1. The number of benzene rings is 1. The van der Waals surface area contributed by atoms with Gasteiger partial charge in [0.25, 0.3) is 0 Å². The first-order valence-electron chi connectivity index (χ1n) is 10.3. The van der Waals surface area contributed by atoms with Gasteiger partial charge in [-0.2, -0.15) is 0 Å². The maximum atomic E-state index is 11.5. The van der Waals surface area contributed by atoms with E-state index < -0.39 is 0 Å². The molecule has 0 radical (unpaired) electrons. The van der Waals surface area contributed by atoms with Crippen LogP contribution in [0.25, 0.3) is 11.0 Å². The minimum atomic E-state index is -0.352. The van der Waals surface area contributed by atoms with Gasteiger partial charge in [0.1, 0.15) is 11.3 Å². The van der Waals surface area contributed by atoms with E-state index in [-0.39, 0.29) is 22.6 Å². The van der Waals surface area contributed by atoms with Crippen LogP contribution < -0.4 is 10.4 Å². The summed E-state index contributed by atoms with van der Waals surface area (Å²) in [4.78, 5) is 11.5. The normalized spacial score (nSPS) is 31.9. The van der Waals surface area contributed by atoms with Gasteiger partial charge in [-0.3, -0.25) is 0 Å². The molecule has 2 aromatic rings. The zero-order valence-electron chi connectivity index (χ0n) is 17.2. The van der Waals surface area contributed by atoms with E-state index in [4.69, 9.17) is 9.15 Å². The lowest BCUT2D eigenvalue weighted by atomic mass is 9.52. The number of fused-ring (bicyclic) bond motifs is 2. The second-order valence-corrected chi connectivity index (χ2v) is 9.41. The lowest BCUT2D eigenvalue weighted by Gasteiger charge is -2.54. The fourth-order valence-electron chi connectivity index (χ4n) is 5.10. The summed E-state index contributed by atoms with van der Waals surface area (Å²) in [5.41, 5.74) is 1.40. The summed E-state index contributed by atoms with van der Waals surface area (Å²) in [5, 5.41) is 11.4. The first-order valence-corrected chi connectivity index (χ1v) is 10.3. The Hall–Kier alpha value is -2.07. The molecule has 1 aromatic carbocycles. The molecular weight excluding hydrogens is 352 g/mol. The van der Waals surface area contributed by atoms with Crippen LogP contribution in [0.5, 0.6) is 5.75 Å². The Labute approximate surface area is 166 Å².